The summed E-state index contributed by atoms with van der Waals surface area (Å²) in [5.74, 6) is -2.42. The van der Waals surface area contributed by atoms with Gasteiger partial charge in [0, 0.05) is 54.2 Å². The van der Waals surface area contributed by atoms with E-state index in [1.54, 1.807) is 31.2 Å². The van der Waals surface area contributed by atoms with Crippen molar-refractivity contribution in [3.8, 4) is 28.0 Å². The van der Waals surface area contributed by atoms with Crippen LogP contribution in [0, 0.1) is 11.8 Å². The third-order valence-corrected chi connectivity index (χ3v) is 7.33. The average Bonchev–Trinajstić information content (AvgIpc) is 3.40. The summed E-state index contributed by atoms with van der Waals surface area (Å²) in [6.07, 6.45) is 4.19. The number of hydrogen-bond acceptors (Lipinski definition) is 6. The van der Waals surface area contributed by atoms with Crippen molar-refractivity contribution in [3.05, 3.63) is 82.2 Å². The zero-order valence-electron chi connectivity index (χ0n) is 24.0. The van der Waals surface area contributed by atoms with Crippen molar-refractivity contribution >= 4 is 23.5 Å². The average molecular weight is 635 g/mol. The predicted octanol–water partition coefficient (Wildman–Crippen LogP) is 5.09. The molecule has 0 fully saturated rings. The largest absolute Gasteiger partial charge is 0.495 e. The Morgan fingerprint density at radius 1 is 1.16 bits per heavy atom. The zero-order chi connectivity index (χ0) is 32.2. The molecule has 44 heavy (non-hydrogen) atoms. The topological polar surface area (TPSA) is 125 Å². The van der Waals surface area contributed by atoms with Gasteiger partial charge in [-0.15, -0.1) is 0 Å². The molecular weight excluding hydrogens is 605 g/mol. The van der Waals surface area contributed by atoms with Crippen LogP contribution in [0.4, 0.5) is 13.2 Å². The SMILES string of the molecule is COCCC(C(=O)NC1=CC(C)C(C(=O)O)C=C1)n1cc(OC)c(-c2cc(Cl)ccc2-c2cnn(CC(F)(F)F)c2)cc1=O. The lowest BCUT2D eigenvalue weighted by Crippen LogP contribution is -2.38. The van der Waals surface area contributed by atoms with E-state index >= 15 is 0 Å². The van der Waals surface area contributed by atoms with E-state index in [-0.39, 0.29) is 24.7 Å². The molecular formula is C30H30ClF3N4O6. The lowest BCUT2D eigenvalue weighted by atomic mass is 9.89. The van der Waals surface area contributed by atoms with Crippen LogP contribution in [-0.4, -0.2) is 58.3 Å². The van der Waals surface area contributed by atoms with Crippen LogP contribution in [0.5, 0.6) is 5.75 Å². The van der Waals surface area contributed by atoms with Gasteiger partial charge in [-0.05, 0) is 35.3 Å². The monoisotopic (exact) mass is 634 g/mol. The highest BCUT2D eigenvalue weighted by molar-refractivity contribution is 6.31. The van der Waals surface area contributed by atoms with Crippen LogP contribution in [0.2, 0.25) is 5.02 Å². The molecule has 0 radical (unpaired) electrons. The van der Waals surface area contributed by atoms with Crippen LogP contribution in [-0.2, 0) is 20.9 Å². The van der Waals surface area contributed by atoms with Gasteiger partial charge in [0.2, 0.25) is 5.91 Å². The second-order valence-corrected chi connectivity index (χ2v) is 10.7. The Labute approximate surface area is 255 Å². The molecule has 1 aliphatic carbocycles. The summed E-state index contributed by atoms with van der Waals surface area (Å²) in [5.41, 5.74) is 1.35. The fraction of sp³-hybridized carbons (Fsp3) is 0.333. The number of amides is 1. The standard InChI is InChI=1S/C30H30ClF3N4O6/c1-17-10-20(5-7-21(17)29(41)42)36-28(40)25(8-9-43-2)38-15-26(44-3)24(12-27(38)39)23-11-19(31)4-6-22(23)18-13-35-37(14-18)16-30(32,33)34/h4-7,10-15,17,21,25H,8-9,16H2,1-3H3,(H,36,40)(H,41,42). The van der Waals surface area contributed by atoms with Gasteiger partial charge in [-0.1, -0.05) is 36.7 Å². The van der Waals surface area contributed by atoms with E-state index in [0.29, 0.717) is 33.0 Å². The van der Waals surface area contributed by atoms with Gasteiger partial charge < -0.3 is 19.9 Å². The molecule has 3 unspecified atom stereocenters. The number of aliphatic carboxylic acids is 1. The minimum atomic E-state index is -4.46. The van der Waals surface area contributed by atoms with Crippen LogP contribution >= 0.6 is 11.6 Å². The van der Waals surface area contributed by atoms with Crippen molar-refractivity contribution in [2.45, 2.75) is 32.1 Å². The number of ether oxygens (including phenoxy) is 2. The van der Waals surface area contributed by atoms with E-state index in [1.807, 2.05) is 0 Å². The second kappa shape index (κ2) is 13.5. The van der Waals surface area contributed by atoms with Gasteiger partial charge in [-0.3, -0.25) is 23.6 Å². The number of carbonyl (C=O) groups excluding carboxylic acids is 1. The maximum absolute atomic E-state index is 13.6. The number of methoxy groups -OCH3 is 2. The van der Waals surface area contributed by atoms with E-state index in [1.165, 1.54) is 55.6 Å². The summed E-state index contributed by atoms with van der Waals surface area (Å²) >= 11 is 6.29. The Balaban J connectivity index is 1.72. The first-order valence-electron chi connectivity index (χ1n) is 13.4. The van der Waals surface area contributed by atoms with Crippen LogP contribution in [0.3, 0.4) is 0 Å². The highest BCUT2D eigenvalue weighted by Gasteiger charge is 2.29. The van der Waals surface area contributed by atoms with Crippen molar-refractivity contribution in [1.82, 2.24) is 19.7 Å². The van der Waals surface area contributed by atoms with Gasteiger partial charge in [0.25, 0.3) is 5.56 Å². The molecule has 2 heterocycles. The molecule has 3 aromatic rings. The number of rotatable bonds is 11. The van der Waals surface area contributed by atoms with Crippen molar-refractivity contribution in [2.24, 2.45) is 11.8 Å². The molecule has 10 nitrogen and oxygen atoms in total. The van der Waals surface area contributed by atoms with Gasteiger partial charge in [0.1, 0.15) is 18.3 Å². The normalized spacial score (nSPS) is 17.2. The van der Waals surface area contributed by atoms with Gasteiger partial charge in [0.05, 0.1) is 25.4 Å². The molecule has 0 bridgehead atoms. The number of allylic oxidation sites excluding steroid dienone is 2. The van der Waals surface area contributed by atoms with E-state index in [2.05, 4.69) is 10.4 Å². The van der Waals surface area contributed by atoms with Crippen molar-refractivity contribution < 1.29 is 37.3 Å². The molecule has 0 spiro atoms. The molecule has 0 aliphatic heterocycles. The van der Waals surface area contributed by atoms with E-state index in [9.17, 15) is 32.7 Å². The van der Waals surface area contributed by atoms with E-state index in [0.717, 1.165) is 4.68 Å². The maximum Gasteiger partial charge on any atom is 0.408 e. The number of carboxylic acid groups (broad SMARTS) is 1. The van der Waals surface area contributed by atoms with Crippen LogP contribution in [0.25, 0.3) is 22.3 Å². The Kier molecular flexibility index (Phi) is 10.00. The molecule has 3 atom stereocenters. The van der Waals surface area contributed by atoms with E-state index < -0.39 is 42.1 Å². The Morgan fingerprint density at radius 3 is 2.55 bits per heavy atom. The lowest BCUT2D eigenvalue weighted by Gasteiger charge is -2.24. The Bertz CT molecular complexity index is 1660. The molecule has 2 N–H and O–H groups in total. The Morgan fingerprint density at radius 2 is 1.91 bits per heavy atom. The summed E-state index contributed by atoms with van der Waals surface area (Å²) in [4.78, 5) is 38.5. The number of nitrogens with one attached hydrogen (secondary N) is 1. The number of aromatic nitrogens is 3. The maximum atomic E-state index is 13.6. The highest BCUT2D eigenvalue weighted by Crippen LogP contribution is 2.38. The minimum Gasteiger partial charge on any atom is -0.495 e. The number of halogens is 4. The van der Waals surface area contributed by atoms with Crippen molar-refractivity contribution in [2.75, 3.05) is 20.8 Å². The van der Waals surface area contributed by atoms with Crippen LogP contribution in [0.1, 0.15) is 19.4 Å². The van der Waals surface area contributed by atoms with Gasteiger partial charge in [-0.25, -0.2) is 0 Å². The second-order valence-electron chi connectivity index (χ2n) is 10.2. The number of benzene rings is 1. The molecule has 1 amide bonds. The number of hydrogen-bond donors (Lipinski definition) is 2. The number of alkyl halides is 3. The molecule has 1 aliphatic rings. The lowest BCUT2D eigenvalue weighted by molar-refractivity contribution is -0.143. The molecule has 234 valence electrons. The van der Waals surface area contributed by atoms with Crippen molar-refractivity contribution in [1.29, 1.82) is 0 Å². The van der Waals surface area contributed by atoms with Crippen molar-refractivity contribution in [3.63, 3.8) is 0 Å². The summed E-state index contributed by atoms with van der Waals surface area (Å²) in [6.45, 7) is 0.587. The quantitative estimate of drug-likeness (QED) is 0.301. The smallest absolute Gasteiger partial charge is 0.408 e. The molecule has 2 aromatic heterocycles. The van der Waals surface area contributed by atoms with Gasteiger partial charge >= 0.3 is 12.1 Å². The first-order valence-corrected chi connectivity index (χ1v) is 13.8. The number of nitrogens with zero attached hydrogens (tertiary/aromatic N) is 3. The zero-order valence-corrected chi connectivity index (χ0v) is 24.7. The number of carboxylic acids is 1. The van der Waals surface area contributed by atoms with Crippen LogP contribution in [0.15, 0.2) is 71.6 Å². The summed E-state index contributed by atoms with van der Waals surface area (Å²) in [5, 5.41) is 16.2. The molecule has 4 rings (SSSR count). The predicted molar refractivity (Wildman–Crippen MR) is 156 cm³/mol. The first kappa shape index (κ1) is 32.6. The third kappa shape index (κ3) is 7.58. The third-order valence-electron chi connectivity index (χ3n) is 7.10. The summed E-state index contributed by atoms with van der Waals surface area (Å²) in [7, 11) is 2.83. The number of pyridine rings is 1. The fourth-order valence-corrected chi connectivity index (χ4v) is 5.15. The highest BCUT2D eigenvalue weighted by atomic mass is 35.5. The summed E-state index contributed by atoms with van der Waals surface area (Å²) in [6, 6.07) is 4.96. The van der Waals surface area contributed by atoms with Gasteiger partial charge in [0.15, 0.2) is 0 Å². The van der Waals surface area contributed by atoms with Crippen LogP contribution < -0.4 is 15.6 Å². The van der Waals surface area contributed by atoms with E-state index in [4.69, 9.17) is 21.1 Å². The Hall–Kier alpha value is -4.36. The molecule has 1 aromatic carbocycles. The first-order chi connectivity index (χ1) is 20.8. The van der Waals surface area contributed by atoms with Gasteiger partial charge in [-0.2, -0.15) is 18.3 Å². The summed E-state index contributed by atoms with van der Waals surface area (Å²) < 4.78 is 51.6. The minimum absolute atomic E-state index is 0.121. The number of carbonyl (C=O) groups is 2. The molecule has 0 saturated carbocycles. The molecule has 0 saturated heterocycles. The fourth-order valence-electron chi connectivity index (χ4n) is 4.98. The molecule has 14 heteroatoms.